The van der Waals surface area contributed by atoms with Gasteiger partial charge in [-0.1, -0.05) is 25.0 Å². The summed E-state index contributed by atoms with van der Waals surface area (Å²) in [6, 6.07) is 8.02. The zero-order valence-corrected chi connectivity index (χ0v) is 14.8. The van der Waals surface area contributed by atoms with Gasteiger partial charge in [0.15, 0.2) is 4.96 Å². The first kappa shape index (κ1) is 16.3. The molecule has 5 nitrogen and oxygen atoms in total. The van der Waals surface area contributed by atoms with Crippen LogP contribution in [0.2, 0.25) is 0 Å². The van der Waals surface area contributed by atoms with Crippen LogP contribution in [0.15, 0.2) is 42.0 Å². The third kappa shape index (κ3) is 3.60. The minimum Gasteiger partial charge on any atom is -0.327 e. The summed E-state index contributed by atoms with van der Waals surface area (Å²) in [6.45, 7) is 0. The number of rotatable bonds is 4. The highest BCUT2D eigenvalue weighted by atomic mass is 32.1. The Balaban J connectivity index is 1.40. The number of hydrogen-bond acceptors (Lipinski definition) is 4. The van der Waals surface area contributed by atoms with Crippen molar-refractivity contribution >= 4 is 27.9 Å². The second-order valence-electron chi connectivity index (χ2n) is 6.76. The molecule has 0 radical (unpaired) electrons. The molecule has 3 N–H and O–H groups in total. The van der Waals surface area contributed by atoms with E-state index in [0.29, 0.717) is 12.3 Å². The van der Waals surface area contributed by atoms with Gasteiger partial charge in [0.05, 0.1) is 5.69 Å². The van der Waals surface area contributed by atoms with E-state index < -0.39 is 0 Å². The van der Waals surface area contributed by atoms with Gasteiger partial charge in [0, 0.05) is 41.5 Å². The van der Waals surface area contributed by atoms with Crippen molar-refractivity contribution < 1.29 is 4.79 Å². The largest absolute Gasteiger partial charge is 0.327 e. The number of fused-ring (bicyclic) bond motifs is 1. The molecule has 0 spiro atoms. The maximum Gasteiger partial charge on any atom is 0.224 e. The van der Waals surface area contributed by atoms with E-state index in [-0.39, 0.29) is 11.9 Å². The fraction of sp³-hybridized carbons (Fsp3) is 0.368. The van der Waals surface area contributed by atoms with Crippen molar-refractivity contribution in [3.63, 3.8) is 0 Å². The van der Waals surface area contributed by atoms with Crippen LogP contribution in [0.25, 0.3) is 16.2 Å². The summed E-state index contributed by atoms with van der Waals surface area (Å²) >= 11 is 1.62. The molecule has 0 bridgehead atoms. The molecule has 2 heterocycles. The lowest BCUT2D eigenvalue weighted by Crippen LogP contribution is -2.35. The topological polar surface area (TPSA) is 72.4 Å². The third-order valence-corrected chi connectivity index (χ3v) is 5.74. The molecule has 130 valence electrons. The standard InChI is InChI=1S/C19H22N4OS/c20-16-4-2-1-3-14(16)11-18(24)21-15-7-5-13(6-8-15)17-12-23-9-10-25-19(23)22-17/h5-10,12,14,16H,1-4,11,20H2,(H,21,24). The predicted octanol–water partition coefficient (Wildman–Crippen LogP) is 3.91. The van der Waals surface area contributed by atoms with E-state index in [0.717, 1.165) is 34.7 Å². The van der Waals surface area contributed by atoms with Crippen LogP contribution in [-0.4, -0.2) is 21.3 Å². The van der Waals surface area contributed by atoms with Crippen molar-refractivity contribution in [2.75, 3.05) is 5.32 Å². The lowest BCUT2D eigenvalue weighted by atomic mass is 9.83. The molecule has 4 rings (SSSR count). The number of imidazole rings is 1. The summed E-state index contributed by atoms with van der Waals surface area (Å²) < 4.78 is 2.02. The molecule has 1 aromatic carbocycles. The van der Waals surface area contributed by atoms with Crippen LogP contribution in [0.4, 0.5) is 5.69 Å². The summed E-state index contributed by atoms with van der Waals surface area (Å²) in [5, 5.41) is 5.01. The SMILES string of the molecule is NC1CCCCC1CC(=O)Nc1ccc(-c2cn3ccsc3n2)cc1. The van der Waals surface area contributed by atoms with Gasteiger partial charge in [-0.25, -0.2) is 4.98 Å². The van der Waals surface area contributed by atoms with Gasteiger partial charge >= 0.3 is 0 Å². The minimum atomic E-state index is 0.0533. The number of anilines is 1. The number of carbonyl (C=O) groups is 1. The van der Waals surface area contributed by atoms with Crippen molar-refractivity contribution in [3.8, 4) is 11.3 Å². The van der Waals surface area contributed by atoms with Gasteiger partial charge in [0.2, 0.25) is 5.91 Å². The average Bonchev–Trinajstić information content (AvgIpc) is 3.19. The number of aromatic nitrogens is 2. The zero-order chi connectivity index (χ0) is 17.2. The van der Waals surface area contributed by atoms with E-state index in [2.05, 4.69) is 10.3 Å². The molecular formula is C19H22N4OS. The Bertz CT molecular complexity index is 839. The first-order valence-corrected chi connectivity index (χ1v) is 9.65. The normalized spacial score (nSPS) is 20.7. The Morgan fingerprint density at radius 1 is 1.28 bits per heavy atom. The Labute approximate surface area is 150 Å². The van der Waals surface area contributed by atoms with E-state index in [9.17, 15) is 4.79 Å². The quantitative estimate of drug-likeness (QED) is 0.746. The molecule has 6 heteroatoms. The van der Waals surface area contributed by atoms with Gasteiger partial charge in [0.25, 0.3) is 0 Å². The van der Waals surface area contributed by atoms with E-state index in [1.165, 1.54) is 12.8 Å². The molecule has 0 aliphatic heterocycles. The smallest absolute Gasteiger partial charge is 0.224 e. The molecular weight excluding hydrogens is 332 g/mol. The van der Waals surface area contributed by atoms with E-state index in [4.69, 9.17) is 5.73 Å². The maximum atomic E-state index is 12.3. The fourth-order valence-electron chi connectivity index (χ4n) is 3.53. The molecule has 3 aromatic rings. The van der Waals surface area contributed by atoms with E-state index in [1.807, 2.05) is 46.4 Å². The van der Waals surface area contributed by atoms with Crippen molar-refractivity contribution in [2.45, 2.75) is 38.1 Å². The number of benzene rings is 1. The van der Waals surface area contributed by atoms with Gasteiger partial charge < -0.3 is 11.1 Å². The van der Waals surface area contributed by atoms with Crippen LogP contribution >= 0.6 is 11.3 Å². The fourth-order valence-corrected chi connectivity index (χ4v) is 4.23. The number of thiazole rings is 1. The molecule has 1 amide bonds. The molecule has 1 aliphatic rings. The molecule has 1 saturated carbocycles. The maximum absolute atomic E-state index is 12.3. The number of nitrogens with one attached hydrogen (secondary N) is 1. The molecule has 0 saturated heterocycles. The lowest BCUT2D eigenvalue weighted by molar-refractivity contribution is -0.117. The highest BCUT2D eigenvalue weighted by molar-refractivity contribution is 7.15. The number of nitrogens with zero attached hydrogens (tertiary/aromatic N) is 2. The van der Waals surface area contributed by atoms with Crippen LogP contribution in [-0.2, 0) is 4.79 Å². The summed E-state index contributed by atoms with van der Waals surface area (Å²) in [5.74, 6) is 0.365. The highest BCUT2D eigenvalue weighted by Gasteiger charge is 2.24. The van der Waals surface area contributed by atoms with Gasteiger partial charge in [-0.05, 0) is 30.9 Å². The second kappa shape index (κ2) is 6.98. The van der Waals surface area contributed by atoms with Crippen LogP contribution in [0.1, 0.15) is 32.1 Å². The molecule has 2 atom stereocenters. The van der Waals surface area contributed by atoms with Gasteiger partial charge in [-0.15, -0.1) is 11.3 Å². The zero-order valence-electron chi connectivity index (χ0n) is 14.0. The number of hydrogen-bond donors (Lipinski definition) is 2. The van der Waals surface area contributed by atoms with Crippen molar-refractivity contribution in [2.24, 2.45) is 11.7 Å². The summed E-state index contributed by atoms with van der Waals surface area (Å²) in [5.41, 5.74) is 8.95. The number of carbonyl (C=O) groups excluding carboxylic acids is 1. The Kier molecular flexibility index (Phi) is 4.55. The van der Waals surface area contributed by atoms with Crippen LogP contribution in [0.3, 0.4) is 0 Å². The summed E-state index contributed by atoms with van der Waals surface area (Å²) in [7, 11) is 0. The third-order valence-electron chi connectivity index (χ3n) is 4.97. The van der Waals surface area contributed by atoms with Gasteiger partial charge in [-0.3, -0.25) is 9.20 Å². The molecule has 1 aliphatic carbocycles. The Morgan fingerprint density at radius 2 is 2.08 bits per heavy atom. The highest BCUT2D eigenvalue weighted by Crippen LogP contribution is 2.27. The Hall–Kier alpha value is -2.18. The van der Waals surface area contributed by atoms with Crippen LogP contribution in [0, 0.1) is 5.92 Å². The van der Waals surface area contributed by atoms with E-state index in [1.54, 1.807) is 11.3 Å². The van der Waals surface area contributed by atoms with Crippen LogP contribution in [0.5, 0.6) is 0 Å². The molecule has 2 unspecified atom stereocenters. The van der Waals surface area contributed by atoms with E-state index >= 15 is 0 Å². The molecule has 1 fully saturated rings. The first-order valence-electron chi connectivity index (χ1n) is 8.77. The number of amides is 1. The first-order chi connectivity index (χ1) is 12.2. The van der Waals surface area contributed by atoms with Crippen molar-refractivity contribution in [1.29, 1.82) is 0 Å². The van der Waals surface area contributed by atoms with Gasteiger partial charge in [0.1, 0.15) is 0 Å². The number of nitrogens with two attached hydrogens (primary N) is 1. The van der Waals surface area contributed by atoms with Gasteiger partial charge in [-0.2, -0.15) is 0 Å². The van der Waals surface area contributed by atoms with Crippen molar-refractivity contribution in [3.05, 3.63) is 42.0 Å². The monoisotopic (exact) mass is 354 g/mol. The average molecular weight is 354 g/mol. The Morgan fingerprint density at radius 3 is 2.84 bits per heavy atom. The summed E-state index contributed by atoms with van der Waals surface area (Å²) in [4.78, 5) is 17.9. The summed E-state index contributed by atoms with van der Waals surface area (Å²) in [6.07, 6.45) is 9.00. The minimum absolute atomic E-state index is 0.0533. The lowest BCUT2D eigenvalue weighted by Gasteiger charge is -2.27. The molecule has 2 aromatic heterocycles. The predicted molar refractivity (Wildman–Crippen MR) is 102 cm³/mol. The van der Waals surface area contributed by atoms with Crippen LogP contribution < -0.4 is 11.1 Å². The van der Waals surface area contributed by atoms with Crippen molar-refractivity contribution in [1.82, 2.24) is 9.38 Å². The second-order valence-corrected chi connectivity index (χ2v) is 7.63. The molecule has 25 heavy (non-hydrogen) atoms.